The van der Waals surface area contributed by atoms with E-state index in [-0.39, 0.29) is 11.4 Å². The molecule has 3 amide bonds. The molecule has 9 nitrogen and oxygen atoms in total. The maximum absolute atomic E-state index is 11.8. The highest BCUT2D eigenvalue weighted by Crippen LogP contribution is 2.17. The van der Waals surface area contributed by atoms with Gasteiger partial charge in [-0.25, -0.2) is 9.69 Å². The molecule has 0 atom stereocenters. The Morgan fingerprint density at radius 1 is 1.33 bits per heavy atom. The van der Waals surface area contributed by atoms with Gasteiger partial charge in [-0.05, 0) is 23.8 Å². The van der Waals surface area contributed by atoms with Gasteiger partial charge in [-0.15, -0.1) is 0 Å². The summed E-state index contributed by atoms with van der Waals surface area (Å²) in [5, 5.41) is 21.4. The van der Waals surface area contributed by atoms with Gasteiger partial charge >= 0.3 is 12.0 Å². The molecule has 0 spiro atoms. The van der Waals surface area contributed by atoms with Crippen LogP contribution >= 0.6 is 0 Å². The van der Waals surface area contributed by atoms with E-state index < -0.39 is 29.4 Å². The molecule has 21 heavy (non-hydrogen) atoms. The molecule has 1 aliphatic rings. The fourth-order valence-corrected chi connectivity index (χ4v) is 1.71. The lowest BCUT2D eigenvalue weighted by Gasteiger charge is -2.06. The molecule has 1 fully saturated rings. The minimum Gasteiger partial charge on any atom is -0.480 e. The topological polar surface area (TPSA) is 130 Å². The van der Waals surface area contributed by atoms with Crippen LogP contribution in [0.5, 0.6) is 0 Å². The Labute approximate surface area is 117 Å². The second-order valence-corrected chi connectivity index (χ2v) is 4.12. The molecule has 0 aromatic heterocycles. The highest BCUT2D eigenvalue weighted by Gasteiger charge is 2.34. The lowest BCUT2D eigenvalue weighted by Crippen LogP contribution is -2.35. The van der Waals surface area contributed by atoms with E-state index in [9.17, 15) is 24.5 Å². The number of rotatable bonds is 4. The molecule has 0 radical (unpaired) electrons. The minimum absolute atomic E-state index is 0.0879. The number of hydrogen-bond acceptors (Lipinski definition) is 5. The summed E-state index contributed by atoms with van der Waals surface area (Å²) in [6.45, 7) is -0.734. The van der Waals surface area contributed by atoms with Crippen LogP contribution in [0.25, 0.3) is 6.08 Å². The van der Waals surface area contributed by atoms with Crippen molar-refractivity contribution in [2.75, 3.05) is 6.54 Å². The van der Waals surface area contributed by atoms with Crippen LogP contribution < -0.4 is 5.32 Å². The lowest BCUT2D eigenvalue weighted by molar-refractivity contribution is -0.384. The van der Waals surface area contributed by atoms with Crippen molar-refractivity contribution in [2.24, 2.45) is 0 Å². The summed E-state index contributed by atoms with van der Waals surface area (Å²) >= 11 is 0. The molecule has 1 saturated heterocycles. The molecule has 0 unspecified atom stereocenters. The number of nitro benzene ring substituents is 1. The molecular formula is C12H9N3O6. The van der Waals surface area contributed by atoms with E-state index in [0.29, 0.717) is 10.5 Å². The van der Waals surface area contributed by atoms with Crippen LogP contribution in [0, 0.1) is 10.1 Å². The number of carbonyl (C=O) groups is 3. The van der Waals surface area contributed by atoms with Gasteiger partial charge in [-0.2, -0.15) is 0 Å². The molecule has 1 heterocycles. The zero-order valence-electron chi connectivity index (χ0n) is 10.5. The van der Waals surface area contributed by atoms with Crippen molar-refractivity contribution in [3.8, 4) is 0 Å². The zero-order chi connectivity index (χ0) is 15.6. The van der Waals surface area contributed by atoms with Gasteiger partial charge in [0.15, 0.2) is 0 Å². The Morgan fingerprint density at radius 2 is 1.95 bits per heavy atom. The fourth-order valence-electron chi connectivity index (χ4n) is 1.71. The lowest BCUT2D eigenvalue weighted by atomic mass is 10.1. The van der Waals surface area contributed by atoms with Gasteiger partial charge in [-0.1, -0.05) is 0 Å². The van der Waals surface area contributed by atoms with Crippen LogP contribution in [0.4, 0.5) is 10.5 Å². The number of carbonyl (C=O) groups excluding carboxylic acids is 2. The maximum atomic E-state index is 11.8. The first-order valence-electron chi connectivity index (χ1n) is 5.69. The van der Waals surface area contributed by atoms with Crippen LogP contribution in [0.15, 0.2) is 30.0 Å². The SMILES string of the molecule is O=C(O)CN1C(=O)N/C(=C/c2ccc([N+](=O)[O-])cc2)C1=O. The van der Waals surface area contributed by atoms with E-state index in [4.69, 9.17) is 5.11 Å². The molecule has 1 aliphatic heterocycles. The van der Waals surface area contributed by atoms with Gasteiger partial charge in [0, 0.05) is 12.1 Å². The molecule has 0 saturated carbocycles. The van der Waals surface area contributed by atoms with Gasteiger partial charge in [0.2, 0.25) is 0 Å². The third-order valence-corrected chi connectivity index (χ3v) is 2.67. The van der Waals surface area contributed by atoms with Crippen molar-refractivity contribution in [3.05, 3.63) is 45.6 Å². The van der Waals surface area contributed by atoms with Crippen LogP contribution in [0.1, 0.15) is 5.56 Å². The van der Waals surface area contributed by atoms with Crippen LogP contribution in [-0.2, 0) is 9.59 Å². The Hall–Kier alpha value is -3.23. The molecule has 2 N–H and O–H groups in total. The van der Waals surface area contributed by atoms with E-state index in [1.807, 2.05) is 0 Å². The van der Waals surface area contributed by atoms with E-state index >= 15 is 0 Å². The monoisotopic (exact) mass is 291 g/mol. The van der Waals surface area contributed by atoms with Gasteiger partial charge in [0.1, 0.15) is 12.2 Å². The number of nitrogens with zero attached hydrogens (tertiary/aromatic N) is 2. The number of hydrogen-bond donors (Lipinski definition) is 2. The third-order valence-electron chi connectivity index (χ3n) is 2.67. The molecule has 0 bridgehead atoms. The number of urea groups is 1. The van der Waals surface area contributed by atoms with E-state index in [1.54, 1.807) is 0 Å². The van der Waals surface area contributed by atoms with E-state index in [0.717, 1.165) is 0 Å². The van der Waals surface area contributed by atoms with Gasteiger partial charge in [0.25, 0.3) is 11.6 Å². The first-order chi connectivity index (χ1) is 9.88. The average molecular weight is 291 g/mol. The van der Waals surface area contributed by atoms with Gasteiger partial charge in [-0.3, -0.25) is 19.7 Å². The average Bonchev–Trinajstić information content (AvgIpc) is 2.67. The normalized spacial score (nSPS) is 16.2. The number of nitrogens with one attached hydrogen (secondary N) is 1. The maximum Gasteiger partial charge on any atom is 0.329 e. The molecule has 1 aromatic rings. The summed E-state index contributed by atoms with van der Waals surface area (Å²) in [6.07, 6.45) is 1.31. The number of benzene rings is 1. The molecule has 9 heteroatoms. The molecular weight excluding hydrogens is 282 g/mol. The third kappa shape index (κ3) is 3.03. The summed E-state index contributed by atoms with van der Waals surface area (Å²) in [5.74, 6) is -2.07. The Balaban J connectivity index is 2.22. The van der Waals surface area contributed by atoms with Crippen molar-refractivity contribution >= 4 is 29.7 Å². The molecule has 1 aromatic carbocycles. The van der Waals surface area contributed by atoms with E-state index in [1.165, 1.54) is 30.3 Å². The van der Waals surface area contributed by atoms with Crippen molar-refractivity contribution in [1.29, 1.82) is 0 Å². The van der Waals surface area contributed by atoms with E-state index in [2.05, 4.69) is 5.32 Å². The first-order valence-corrected chi connectivity index (χ1v) is 5.69. The second-order valence-electron chi connectivity index (χ2n) is 4.12. The van der Waals surface area contributed by atoms with Crippen molar-refractivity contribution in [1.82, 2.24) is 10.2 Å². The largest absolute Gasteiger partial charge is 0.480 e. The van der Waals surface area contributed by atoms with Gasteiger partial charge < -0.3 is 10.4 Å². The van der Waals surface area contributed by atoms with Crippen LogP contribution in [-0.4, -0.2) is 39.4 Å². The highest BCUT2D eigenvalue weighted by molar-refractivity contribution is 6.15. The molecule has 2 rings (SSSR count). The Morgan fingerprint density at radius 3 is 2.48 bits per heavy atom. The summed E-state index contributed by atoms with van der Waals surface area (Å²) in [7, 11) is 0. The zero-order valence-corrected chi connectivity index (χ0v) is 10.5. The number of carboxylic acid groups (broad SMARTS) is 1. The molecule has 108 valence electrons. The number of non-ortho nitro benzene ring substituents is 1. The predicted octanol–water partition coefficient (Wildman–Crippen LogP) is 0.572. The quantitative estimate of drug-likeness (QED) is 0.361. The first kappa shape index (κ1) is 14.2. The summed E-state index contributed by atoms with van der Waals surface area (Å²) < 4.78 is 0. The smallest absolute Gasteiger partial charge is 0.329 e. The minimum atomic E-state index is -1.31. The number of aliphatic carboxylic acids is 1. The van der Waals surface area contributed by atoms with Gasteiger partial charge in [0.05, 0.1) is 4.92 Å². The van der Waals surface area contributed by atoms with Crippen molar-refractivity contribution in [3.63, 3.8) is 0 Å². The Kier molecular flexibility index (Phi) is 3.65. The molecule has 0 aliphatic carbocycles. The number of imide groups is 1. The summed E-state index contributed by atoms with van der Waals surface area (Å²) in [5.41, 5.74) is 0.267. The predicted molar refractivity (Wildman–Crippen MR) is 69.0 cm³/mol. The Bertz CT molecular complexity index is 664. The van der Waals surface area contributed by atoms with Crippen LogP contribution in [0.2, 0.25) is 0 Å². The fraction of sp³-hybridized carbons (Fsp3) is 0.0833. The van der Waals surface area contributed by atoms with Crippen molar-refractivity contribution < 1.29 is 24.4 Å². The van der Waals surface area contributed by atoms with Crippen LogP contribution in [0.3, 0.4) is 0 Å². The second kappa shape index (κ2) is 5.41. The standard InChI is InChI=1S/C12H9N3O6/c16-10(17)6-14-11(18)9(13-12(14)19)5-7-1-3-8(4-2-7)15(20)21/h1-5H,6H2,(H,13,19)(H,16,17)/b9-5+. The highest BCUT2D eigenvalue weighted by atomic mass is 16.6. The van der Waals surface area contributed by atoms with Crippen molar-refractivity contribution in [2.45, 2.75) is 0 Å². The number of nitro groups is 1. The number of carboxylic acids is 1. The summed E-state index contributed by atoms with van der Waals surface area (Å²) in [4.78, 5) is 44.4. The number of amides is 3. The summed E-state index contributed by atoms with van der Waals surface area (Å²) in [6, 6.07) is 4.50.